The van der Waals surface area contributed by atoms with Crippen molar-refractivity contribution in [1.29, 1.82) is 0 Å². The zero-order valence-electron chi connectivity index (χ0n) is 9.50. The van der Waals surface area contributed by atoms with Crippen molar-refractivity contribution in [2.45, 2.75) is 33.7 Å². The Bertz CT molecular complexity index is 456. The van der Waals surface area contributed by atoms with Crippen LogP contribution in [0.4, 0.5) is 0 Å². The van der Waals surface area contributed by atoms with Gasteiger partial charge >= 0.3 is 0 Å². The van der Waals surface area contributed by atoms with Crippen LogP contribution in [0.3, 0.4) is 0 Å². The zero-order chi connectivity index (χ0) is 10.8. The van der Waals surface area contributed by atoms with Crippen LogP contribution in [-0.2, 0) is 6.54 Å². The second-order valence-corrected chi connectivity index (χ2v) is 4.65. The Morgan fingerprint density at radius 2 is 2.27 bits per heavy atom. The molecule has 0 radical (unpaired) electrons. The Balaban J connectivity index is 2.30. The first kappa shape index (κ1) is 10.6. The molecular formula is C11H17N3S. The van der Waals surface area contributed by atoms with Crippen molar-refractivity contribution in [3.05, 3.63) is 22.5 Å². The van der Waals surface area contributed by atoms with Crippen molar-refractivity contribution in [2.75, 3.05) is 6.54 Å². The molecule has 0 aromatic carbocycles. The van der Waals surface area contributed by atoms with Crippen LogP contribution in [0.2, 0.25) is 0 Å². The van der Waals surface area contributed by atoms with Crippen LogP contribution in [0, 0.1) is 13.8 Å². The molecule has 4 heteroatoms. The third-order valence-corrected chi connectivity index (χ3v) is 3.49. The predicted octanol–water partition coefficient (Wildman–Crippen LogP) is 2.51. The first-order valence-corrected chi connectivity index (χ1v) is 6.24. The third kappa shape index (κ3) is 1.92. The van der Waals surface area contributed by atoms with Crippen molar-refractivity contribution >= 4 is 16.3 Å². The van der Waals surface area contributed by atoms with Gasteiger partial charge in [-0.2, -0.15) is 0 Å². The largest absolute Gasteiger partial charge is 0.311 e. The molecule has 0 saturated heterocycles. The SMILES string of the molecule is CCCNCc1c(C)nc2scc(C)n12. The zero-order valence-corrected chi connectivity index (χ0v) is 10.3. The second kappa shape index (κ2) is 4.33. The quantitative estimate of drug-likeness (QED) is 0.807. The van der Waals surface area contributed by atoms with Crippen LogP contribution < -0.4 is 5.32 Å². The van der Waals surface area contributed by atoms with Crippen LogP contribution in [-0.4, -0.2) is 15.9 Å². The van der Waals surface area contributed by atoms with Crippen LogP contribution in [0.15, 0.2) is 5.38 Å². The molecule has 0 bridgehead atoms. The lowest BCUT2D eigenvalue weighted by Gasteiger charge is -2.04. The molecule has 0 unspecified atom stereocenters. The van der Waals surface area contributed by atoms with Gasteiger partial charge < -0.3 is 5.32 Å². The summed E-state index contributed by atoms with van der Waals surface area (Å²) in [5.74, 6) is 0. The van der Waals surface area contributed by atoms with Crippen molar-refractivity contribution in [3.8, 4) is 0 Å². The van der Waals surface area contributed by atoms with Gasteiger partial charge in [0.25, 0.3) is 0 Å². The summed E-state index contributed by atoms with van der Waals surface area (Å²) in [5.41, 5.74) is 3.73. The van der Waals surface area contributed by atoms with E-state index in [0.29, 0.717) is 0 Å². The maximum Gasteiger partial charge on any atom is 0.194 e. The molecule has 2 aromatic heterocycles. The van der Waals surface area contributed by atoms with Crippen LogP contribution in [0.5, 0.6) is 0 Å². The summed E-state index contributed by atoms with van der Waals surface area (Å²) < 4.78 is 2.25. The van der Waals surface area contributed by atoms with Gasteiger partial charge in [-0.3, -0.25) is 4.40 Å². The van der Waals surface area contributed by atoms with Gasteiger partial charge in [0.15, 0.2) is 4.96 Å². The molecule has 0 fully saturated rings. The van der Waals surface area contributed by atoms with E-state index in [4.69, 9.17) is 0 Å². The molecule has 0 saturated carbocycles. The first-order valence-electron chi connectivity index (χ1n) is 5.36. The van der Waals surface area contributed by atoms with Crippen molar-refractivity contribution in [1.82, 2.24) is 14.7 Å². The van der Waals surface area contributed by atoms with Crippen molar-refractivity contribution < 1.29 is 0 Å². The number of thiazole rings is 1. The van der Waals surface area contributed by atoms with E-state index in [0.717, 1.165) is 23.7 Å². The molecule has 2 heterocycles. The molecule has 0 aliphatic carbocycles. The summed E-state index contributed by atoms with van der Waals surface area (Å²) in [4.78, 5) is 5.66. The Kier molecular flexibility index (Phi) is 3.07. The fraction of sp³-hybridized carbons (Fsp3) is 0.545. The first-order chi connectivity index (χ1) is 7.24. The Morgan fingerprint density at radius 1 is 1.47 bits per heavy atom. The number of aryl methyl sites for hydroxylation is 2. The Hall–Kier alpha value is -0.870. The molecule has 15 heavy (non-hydrogen) atoms. The standard InChI is InChI=1S/C11H17N3S/c1-4-5-12-6-10-9(3)13-11-14(10)8(2)7-15-11/h7,12H,4-6H2,1-3H3. The molecular weight excluding hydrogens is 206 g/mol. The minimum absolute atomic E-state index is 0.915. The van der Waals surface area contributed by atoms with Gasteiger partial charge in [-0.05, 0) is 26.8 Å². The molecule has 0 amide bonds. The monoisotopic (exact) mass is 223 g/mol. The van der Waals surface area contributed by atoms with E-state index < -0.39 is 0 Å². The lowest BCUT2D eigenvalue weighted by Crippen LogP contribution is -2.16. The van der Waals surface area contributed by atoms with Gasteiger partial charge in [0.05, 0.1) is 11.4 Å². The van der Waals surface area contributed by atoms with Gasteiger partial charge in [0, 0.05) is 17.6 Å². The van der Waals surface area contributed by atoms with E-state index in [9.17, 15) is 0 Å². The minimum atomic E-state index is 0.915. The van der Waals surface area contributed by atoms with Crippen molar-refractivity contribution in [2.24, 2.45) is 0 Å². The summed E-state index contributed by atoms with van der Waals surface area (Å²) in [6, 6.07) is 0. The van der Waals surface area contributed by atoms with E-state index in [-0.39, 0.29) is 0 Å². The van der Waals surface area contributed by atoms with E-state index in [1.165, 1.54) is 17.8 Å². The average Bonchev–Trinajstić information content (AvgIpc) is 2.70. The predicted molar refractivity (Wildman–Crippen MR) is 64.5 cm³/mol. The Morgan fingerprint density at radius 3 is 3.00 bits per heavy atom. The van der Waals surface area contributed by atoms with Gasteiger partial charge in [-0.25, -0.2) is 4.98 Å². The maximum absolute atomic E-state index is 4.55. The number of rotatable bonds is 4. The van der Waals surface area contributed by atoms with E-state index in [1.807, 2.05) is 0 Å². The molecule has 2 rings (SSSR count). The summed E-state index contributed by atoms with van der Waals surface area (Å²) in [6.45, 7) is 8.38. The molecule has 0 spiro atoms. The summed E-state index contributed by atoms with van der Waals surface area (Å²) in [5, 5.41) is 5.59. The topological polar surface area (TPSA) is 29.3 Å². The molecule has 1 N–H and O–H groups in total. The number of nitrogens with zero attached hydrogens (tertiary/aromatic N) is 2. The number of imidazole rings is 1. The highest BCUT2D eigenvalue weighted by molar-refractivity contribution is 7.15. The highest BCUT2D eigenvalue weighted by Gasteiger charge is 2.10. The normalized spacial score (nSPS) is 11.4. The van der Waals surface area contributed by atoms with E-state index in [1.54, 1.807) is 11.3 Å². The molecule has 82 valence electrons. The van der Waals surface area contributed by atoms with E-state index >= 15 is 0 Å². The number of hydrogen-bond donors (Lipinski definition) is 1. The lowest BCUT2D eigenvalue weighted by atomic mass is 10.3. The lowest BCUT2D eigenvalue weighted by molar-refractivity contribution is 0.657. The highest BCUT2D eigenvalue weighted by atomic mass is 32.1. The molecule has 2 aromatic rings. The smallest absolute Gasteiger partial charge is 0.194 e. The van der Waals surface area contributed by atoms with Gasteiger partial charge in [0.1, 0.15) is 0 Å². The number of nitrogens with one attached hydrogen (secondary N) is 1. The number of aromatic nitrogens is 2. The number of hydrogen-bond acceptors (Lipinski definition) is 3. The van der Waals surface area contributed by atoms with E-state index in [2.05, 4.69) is 40.9 Å². The van der Waals surface area contributed by atoms with Gasteiger partial charge in [0.2, 0.25) is 0 Å². The summed E-state index contributed by atoms with van der Waals surface area (Å²) >= 11 is 1.71. The summed E-state index contributed by atoms with van der Waals surface area (Å²) in [6.07, 6.45) is 1.17. The van der Waals surface area contributed by atoms with Gasteiger partial charge in [-0.15, -0.1) is 11.3 Å². The van der Waals surface area contributed by atoms with Gasteiger partial charge in [-0.1, -0.05) is 6.92 Å². The van der Waals surface area contributed by atoms with Crippen LogP contribution in [0.1, 0.15) is 30.4 Å². The molecule has 3 nitrogen and oxygen atoms in total. The molecule has 0 aliphatic heterocycles. The molecule has 0 aliphatic rings. The second-order valence-electron chi connectivity index (χ2n) is 3.82. The summed E-state index contributed by atoms with van der Waals surface area (Å²) in [7, 11) is 0. The number of fused-ring (bicyclic) bond motifs is 1. The minimum Gasteiger partial charge on any atom is -0.311 e. The molecule has 0 atom stereocenters. The highest BCUT2D eigenvalue weighted by Crippen LogP contribution is 2.20. The van der Waals surface area contributed by atoms with Crippen molar-refractivity contribution in [3.63, 3.8) is 0 Å². The fourth-order valence-corrected chi connectivity index (χ4v) is 2.69. The fourth-order valence-electron chi connectivity index (χ4n) is 1.76. The van der Waals surface area contributed by atoms with Crippen LogP contribution in [0.25, 0.3) is 4.96 Å². The van der Waals surface area contributed by atoms with Crippen LogP contribution >= 0.6 is 11.3 Å². The Labute approximate surface area is 94.1 Å². The average molecular weight is 223 g/mol. The maximum atomic E-state index is 4.55. The third-order valence-electron chi connectivity index (χ3n) is 2.55.